The molecule has 4 rings (SSSR count). The van der Waals surface area contributed by atoms with Crippen molar-refractivity contribution in [3.05, 3.63) is 35.7 Å². The summed E-state index contributed by atoms with van der Waals surface area (Å²) in [6.07, 6.45) is 0.999. The number of carbonyl (C=O) groups is 1. The van der Waals surface area contributed by atoms with Crippen LogP contribution in [0.25, 0.3) is 0 Å². The number of nitrogens with zero attached hydrogens (tertiary/aromatic N) is 2. The molecule has 26 heavy (non-hydrogen) atoms. The second kappa shape index (κ2) is 7.25. The molecule has 2 aliphatic heterocycles. The number of piperazine rings is 1. The number of benzene rings is 1. The van der Waals surface area contributed by atoms with Gasteiger partial charge in [0.2, 0.25) is 6.79 Å². The number of hydrogen-bond acceptors (Lipinski definition) is 6. The smallest absolute Gasteiger partial charge is 0.274 e. The van der Waals surface area contributed by atoms with E-state index in [2.05, 4.69) is 22.4 Å². The Bertz CT molecular complexity index is 791. The number of amides is 1. The Kier molecular flexibility index (Phi) is 4.66. The van der Waals surface area contributed by atoms with E-state index in [0.29, 0.717) is 48.7 Å². The SMILES string of the molecule is CC[C@H]1CN(C(=O)c2cc(COc3ccc4c(c3)OCO4)[nH]n2)CCN1. The molecule has 1 atom stereocenters. The van der Waals surface area contributed by atoms with Crippen LogP contribution in [0.5, 0.6) is 17.2 Å². The number of fused-ring (bicyclic) bond motifs is 1. The molecule has 1 amide bonds. The summed E-state index contributed by atoms with van der Waals surface area (Å²) in [5.41, 5.74) is 1.17. The number of rotatable bonds is 5. The summed E-state index contributed by atoms with van der Waals surface area (Å²) < 4.78 is 16.4. The fraction of sp³-hybridized carbons (Fsp3) is 0.444. The van der Waals surface area contributed by atoms with E-state index in [1.165, 1.54) is 0 Å². The quantitative estimate of drug-likeness (QED) is 0.843. The fourth-order valence-corrected chi connectivity index (χ4v) is 3.12. The van der Waals surface area contributed by atoms with Gasteiger partial charge in [-0.05, 0) is 24.6 Å². The molecule has 0 spiro atoms. The van der Waals surface area contributed by atoms with Crippen LogP contribution in [0.4, 0.5) is 0 Å². The van der Waals surface area contributed by atoms with E-state index in [4.69, 9.17) is 14.2 Å². The van der Waals surface area contributed by atoms with E-state index < -0.39 is 0 Å². The van der Waals surface area contributed by atoms with Crippen molar-refractivity contribution in [2.45, 2.75) is 26.0 Å². The molecule has 1 fully saturated rings. The van der Waals surface area contributed by atoms with Crippen molar-refractivity contribution in [1.29, 1.82) is 0 Å². The molecule has 0 radical (unpaired) electrons. The van der Waals surface area contributed by atoms with Gasteiger partial charge in [0.05, 0.1) is 5.69 Å². The summed E-state index contributed by atoms with van der Waals surface area (Å²) in [5.74, 6) is 2.01. The molecular weight excluding hydrogens is 336 g/mol. The van der Waals surface area contributed by atoms with E-state index in [1.807, 2.05) is 17.0 Å². The van der Waals surface area contributed by atoms with Crippen molar-refractivity contribution in [2.24, 2.45) is 0 Å². The van der Waals surface area contributed by atoms with Gasteiger partial charge in [-0.2, -0.15) is 5.10 Å². The number of H-pyrrole nitrogens is 1. The van der Waals surface area contributed by atoms with Gasteiger partial charge in [-0.25, -0.2) is 0 Å². The van der Waals surface area contributed by atoms with Crippen molar-refractivity contribution in [3.8, 4) is 17.2 Å². The Balaban J connectivity index is 1.36. The third-order valence-electron chi connectivity index (χ3n) is 4.62. The average molecular weight is 358 g/mol. The Morgan fingerprint density at radius 3 is 3.12 bits per heavy atom. The van der Waals surface area contributed by atoms with Crippen LogP contribution in [0.3, 0.4) is 0 Å². The van der Waals surface area contributed by atoms with Gasteiger partial charge in [0.1, 0.15) is 12.4 Å². The van der Waals surface area contributed by atoms with Gasteiger partial charge < -0.3 is 24.4 Å². The summed E-state index contributed by atoms with van der Waals surface area (Å²) in [4.78, 5) is 14.5. The lowest BCUT2D eigenvalue weighted by molar-refractivity contribution is 0.0695. The van der Waals surface area contributed by atoms with Gasteiger partial charge >= 0.3 is 0 Å². The Morgan fingerprint density at radius 1 is 1.35 bits per heavy atom. The van der Waals surface area contributed by atoms with E-state index in [9.17, 15) is 4.79 Å². The van der Waals surface area contributed by atoms with Gasteiger partial charge in [-0.3, -0.25) is 9.89 Å². The lowest BCUT2D eigenvalue weighted by atomic mass is 10.1. The number of nitrogens with one attached hydrogen (secondary N) is 2. The van der Waals surface area contributed by atoms with Crippen molar-refractivity contribution in [3.63, 3.8) is 0 Å². The highest BCUT2D eigenvalue weighted by molar-refractivity contribution is 5.92. The standard InChI is InChI=1S/C18H22N4O4/c1-2-12-9-22(6-5-19-12)18(23)15-7-13(20-21-15)10-24-14-3-4-16-17(8-14)26-11-25-16/h3-4,7-8,12,19H,2,5-6,9-11H2,1H3,(H,20,21)/t12-/m0/s1. The normalized spacial score (nSPS) is 18.8. The second-order valence-corrected chi connectivity index (χ2v) is 6.39. The van der Waals surface area contributed by atoms with Crippen LogP contribution in [-0.4, -0.2) is 53.5 Å². The van der Waals surface area contributed by atoms with Crippen LogP contribution in [-0.2, 0) is 6.61 Å². The topological polar surface area (TPSA) is 88.7 Å². The van der Waals surface area contributed by atoms with Gasteiger partial charge in [-0.15, -0.1) is 0 Å². The molecule has 2 N–H and O–H groups in total. The average Bonchev–Trinajstić information content (AvgIpc) is 3.34. The maximum Gasteiger partial charge on any atom is 0.274 e. The molecule has 8 nitrogen and oxygen atoms in total. The van der Waals surface area contributed by atoms with Crippen LogP contribution in [0, 0.1) is 0 Å². The highest BCUT2D eigenvalue weighted by Crippen LogP contribution is 2.35. The van der Waals surface area contributed by atoms with Crippen molar-refractivity contribution >= 4 is 5.91 Å². The molecule has 0 aliphatic carbocycles. The highest BCUT2D eigenvalue weighted by Gasteiger charge is 2.24. The zero-order chi connectivity index (χ0) is 17.9. The second-order valence-electron chi connectivity index (χ2n) is 6.39. The van der Waals surface area contributed by atoms with Crippen molar-refractivity contribution < 1.29 is 19.0 Å². The summed E-state index contributed by atoms with van der Waals surface area (Å²) in [7, 11) is 0. The van der Waals surface area contributed by atoms with E-state index >= 15 is 0 Å². The molecule has 2 aliphatic rings. The first-order valence-electron chi connectivity index (χ1n) is 8.82. The summed E-state index contributed by atoms with van der Waals surface area (Å²) in [6, 6.07) is 7.52. The molecule has 2 aromatic rings. The molecular formula is C18H22N4O4. The van der Waals surface area contributed by atoms with E-state index in [-0.39, 0.29) is 12.7 Å². The molecule has 1 aromatic heterocycles. The summed E-state index contributed by atoms with van der Waals surface area (Å²) >= 11 is 0. The number of hydrogen-bond donors (Lipinski definition) is 2. The largest absolute Gasteiger partial charge is 0.487 e. The molecule has 138 valence electrons. The fourth-order valence-electron chi connectivity index (χ4n) is 3.12. The Morgan fingerprint density at radius 2 is 2.23 bits per heavy atom. The summed E-state index contributed by atoms with van der Waals surface area (Å²) in [5, 5.41) is 10.4. The maximum atomic E-state index is 12.6. The number of ether oxygens (including phenoxy) is 3. The highest BCUT2D eigenvalue weighted by atomic mass is 16.7. The minimum Gasteiger partial charge on any atom is -0.487 e. The van der Waals surface area contributed by atoms with E-state index in [0.717, 1.165) is 18.7 Å². The molecule has 8 heteroatoms. The van der Waals surface area contributed by atoms with Crippen LogP contribution in [0.2, 0.25) is 0 Å². The zero-order valence-corrected chi connectivity index (χ0v) is 14.7. The number of carbonyl (C=O) groups excluding carboxylic acids is 1. The van der Waals surface area contributed by atoms with Crippen LogP contribution in [0.1, 0.15) is 29.5 Å². The molecule has 1 saturated heterocycles. The van der Waals surface area contributed by atoms with Gasteiger partial charge in [0.15, 0.2) is 17.2 Å². The van der Waals surface area contributed by atoms with Crippen LogP contribution >= 0.6 is 0 Å². The maximum absolute atomic E-state index is 12.6. The monoisotopic (exact) mass is 358 g/mol. The van der Waals surface area contributed by atoms with Gasteiger partial charge in [0.25, 0.3) is 5.91 Å². The lowest BCUT2D eigenvalue weighted by Gasteiger charge is -2.32. The molecule has 1 aromatic carbocycles. The first kappa shape index (κ1) is 16.7. The van der Waals surface area contributed by atoms with Crippen LogP contribution in [0.15, 0.2) is 24.3 Å². The van der Waals surface area contributed by atoms with Crippen LogP contribution < -0.4 is 19.5 Å². The molecule has 0 saturated carbocycles. The minimum absolute atomic E-state index is 0.0458. The third kappa shape index (κ3) is 3.45. The van der Waals surface area contributed by atoms with Gasteiger partial charge in [0, 0.05) is 31.7 Å². The Hall–Kier alpha value is -2.74. The number of aromatic nitrogens is 2. The zero-order valence-electron chi connectivity index (χ0n) is 14.7. The molecule has 0 unspecified atom stereocenters. The first-order valence-corrected chi connectivity index (χ1v) is 8.82. The number of aromatic amines is 1. The van der Waals surface area contributed by atoms with E-state index in [1.54, 1.807) is 12.1 Å². The predicted octanol–water partition coefficient (Wildman–Crippen LogP) is 1.54. The summed E-state index contributed by atoms with van der Waals surface area (Å²) in [6.45, 7) is 4.87. The lowest BCUT2D eigenvalue weighted by Crippen LogP contribution is -2.52. The first-order chi connectivity index (χ1) is 12.7. The predicted molar refractivity (Wildman–Crippen MR) is 93.5 cm³/mol. The third-order valence-corrected chi connectivity index (χ3v) is 4.62. The van der Waals surface area contributed by atoms with Crippen molar-refractivity contribution in [2.75, 3.05) is 26.4 Å². The van der Waals surface area contributed by atoms with Crippen molar-refractivity contribution in [1.82, 2.24) is 20.4 Å². The minimum atomic E-state index is -0.0458. The molecule has 0 bridgehead atoms. The van der Waals surface area contributed by atoms with Gasteiger partial charge in [-0.1, -0.05) is 6.92 Å². The molecule has 3 heterocycles. The Labute approximate surface area is 151 Å².